The number of alkyl halides is 6. The Morgan fingerprint density at radius 3 is 2.33 bits per heavy atom. The van der Waals surface area contributed by atoms with E-state index in [1.54, 1.807) is 0 Å². The molecule has 0 aliphatic heterocycles. The van der Waals surface area contributed by atoms with Gasteiger partial charge in [0, 0.05) is 25.5 Å². The topological polar surface area (TPSA) is 122 Å². The molecule has 36 heavy (non-hydrogen) atoms. The third-order valence-corrected chi connectivity index (χ3v) is 4.78. The molecule has 4 aromatic heterocycles. The summed E-state index contributed by atoms with van der Waals surface area (Å²) in [6.45, 7) is 0.0567. The molecule has 188 valence electrons. The van der Waals surface area contributed by atoms with Crippen LogP contribution in [0.2, 0.25) is 0 Å². The van der Waals surface area contributed by atoms with Gasteiger partial charge in [-0.1, -0.05) is 0 Å². The fourth-order valence-corrected chi connectivity index (χ4v) is 3.09. The highest BCUT2D eigenvalue weighted by atomic mass is 19.4. The fraction of sp³-hybridized carbons (Fsp3) is 0.238. The van der Waals surface area contributed by atoms with Crippen molar-refractivity contribution in [2.45, 2.75) is 18.8 Å². The molecule has 0 aliphatic rings. The number of nitrogens with one attached hydrogen (secondary N) is 2. The lowest BCUT2D eigenvalue weighted by Gasteiger charge is -2.14. The molecule has 0 aliphatic carbocycles. The van der Waals surface area contributed by atoms with Crippen molar-refractivity contribution in [3.8, 4) is 11.4 Å². The van der Waals surface area contributed by atoms with E-state index in [0.29, 0.717) is 12.6 Å². The zero-order valence-electron chi connectivity index (χ0n) is 18.1. The van der Waals surface area contributed by atoms with E-state index in [2.05, 4.69) is 40.8 Å². The molecule has 4 rings (SSSR count). The maximum absolute atomic E-state index is 13.7. The highest BCUT2D eigenvalue weighted by Crippen LogP contribution is 2.36. The highest BCUT2D eigenvalue weighted by Gasteiger charge is 2.36. The van der Waals surface area contributed by atoms with Gasteiger partial charge in [-0.2, -0.15) is 26.3 Å². The molecule has 15 heteroatoms. The number of hydrogen-bond donors (Lipinski definition) is 3. The summed E-state index contributed by atoms with van der Waals surface area (Å²) in [5, 5.41) is 21.7. The van der Waals surface area contributed by atoms with Crippen LogP contribution in [-0.2, 0) is 12.4 Å². The molecule has 0 spiro atoms. The highest BCUT2D eigenvalue weighted by molar-refractivity contribution is 5.87. The number of halogens is 6. The molecular formula is C21H16F6N8O. The SMILES string of the molecule is OCCCNc1cc(C(F)(F)F)c(-c2cnc3c(Nc4ccc(C(F)(F)F)cn4)ccnc3n2)nn1. The van der Waals surface area contributed by atoms with Gasteiger partial charge >= 0.3 is 12.4 Å². The van der Waals surface area contributed by atoms with Gasteiger partial charge in [0.25, 0.3) is 0 Å². The third kappa shape index (κ3) is 5.56. The number of aromatic nitrogens is 6. The van der Waals surface area contributed by atoms with Gasteiger partial charge in [0.2, 0.25) is 0 Å². The van der Waals surface area contributed by atoms with E-state index in [-0.39, 0.29) is 47.3 Å². The monoisotopic (exact) mass is 510 g/mol. The van der Waals surface area contributed by atoms with Crippen LogP contribution in [0.1, 0.15) is 17.5 Å². The number of pyridine rings is 2. The van der Waals surface area contributed by atoms with Crippen LogP contribution in [0.5, 0.6) is 0 Å². The first-order valence-corrected chi connectivity index (χ1v) is 10.3. The van der Waals surface area contributed by atoms with Crippen LogP contribution in [-0.4, -0.2) is 48.4 Å². The van der Waals surface area contributed by atoms with Gasteiger partial charge < -0.3 is 15.7 Å². The second-order valence-electron chi connectivity index (χ2n) is 7.33. The zero-order valence-corrected chi connectivity index (χ0v) is 18.1. The summed E-state index contributed by atoms with van der Waals surface area (Å²) >= 11 is 0. The molecule has 0 amide bonds. The predicted octanol–water partition coefficient (Wildman–Crippen LogP) is 4.45. The minimum atomic E-state index is -4.78. The van der Waals surface area contributed by atoms with E-state index in [1.807, 2.05) is 0 Å². The van der Waals surface area contributed by atoms with Crippen LogP contribution < -0.4 is 10.6 Å². The average molecular weight is 510 g/mol. The van der Waals surface area contributed by atoms with Crippen LogP contribution in [0.25, 0.3) is 22.6 Å². The zero-order chi connectivity index (χ0) is 25.9. The Morgan fingerprint density at radius 1 is 0.861 bits per heavy atom. The predicted molar refractivity (Wildman–Crippen MR) is 116 cm³/mol. The number of anilines is 3. The van der Waals surface area contributed by atoms with Gasteiger partial charge in [-0.15, -0.1) is 10.2 Å². The summed E-state index contributed by atoms with van der Waals surface area (Å²) in [5.74, 6) is -0.0437. The quantitative estimate of drug-likeness (QED) is 0.245. The van der Waals surface area contributed by atoms with Crippen molar-refractivity contribution in [3.63, 3.8) is 0 Å². The van der Waals surface area contributed by atoms with E-state index >= 15 is 0 Å². The second kappa shape index (κ2) is 9.85. The molecule has 9 nitrogen and oxygen atoms in total. The maximum Gasteiger partial charge on any atom is 0.418 e. The van der Waals surface area contributed by atoms with E-state index in [9.17, 15) is 26.3 Å². The van der Waals surface area contributed by atoms with Crippen LogP contribution in [0.4, 0.5) is 43.7 Å². The smallest absolute Gasteiger partial charge is 0.396 e. The molecule has 0 fully saturated rings. The van der Waals surface area contributed by atoms with Crippen molar-refractivity contribution >= 4 is 28.5 Å². The molecule has 0 atom stereocenters. The summed E-state index contributed by atoms with van der Waals surface area (Å²) in [6.07, 6.45) is -5.98. The number of aliphatic hydroxyl groups excluding tert-OH is 1. The van der Waals surface area contributed by atoms with Gasteiger partial charge in [0.15, 0.2) is 5.65 Å². The van der Waals surface area contributed by atoms with Crippen LogP contribution >= 0.6 is 0 Å². The molecule has 3 N–H and O–H groups in total. The summed E-state index contributed by atoms with van der Waals surface area (Å²) in [4.78, 5) is 16.0. The molecule has 4 aromatic rings. The first kappa shape index (κ1) is 25.0. The normalized spacial score (nSPS) is 12.1. The molecule has 0 saturated heterocycles. The Bertz CT molecular complexity index is 1360. The molecule has 0 aromatic carbocycles. The summed E-state index contributed by atoms with van der Waals surface area (Å²) in [7, 11) is 0. The van der Waals surface area contributed by atoms with Gasteiger partial charge in [-0.3, -0.25) is 0 Å². The minimum absolute atomic E-state index is 0.0375. The van der Waals surface area contributed by atoms with Crippen molar-refractivity contribution in [2.24, 2.45) is 0 Å². The van der Waals surface area contributed by atoms with Gasteiger partial charge in [-0.25, -0.2) is 19.9 Å². The molecule has 0 unspecified atom stereocenters. The molecule has 4 heterocycles. The van der Waals surface area contributed by atoms with E-state index in [1.165, 1.54) is 12.3 Å². The number of rotatable bonds is 7. The Morgan fingerprint density at radius 2 is 1.67 bits per heavy atom. The van der Waals surface area contributed by atoms with E-state index in [4.69, 9.17) is 5.11 Å². The second-order valence-corrected chi connectivity index (χ2v) is 7.33. The van der Waals surface area contributed by atoms with Crippen molar-refractivity contribution in [2.75, 3.05) is 23.8 Å². The lowest BCUT2D eigenvalue weighted by Crippen LogP contribution is -2.13. The Labute approximate surface area is 198 Å². The summed E-state index contributed by atoms with van der Waals surface area (Å²) < 4.78 is 79.5. The van der Waals surface area contributed by atoms with Gasteiger partial charge in [-0.05, 0) is 30.7 Å². The molecule has 0 radical (unpaired) electrons. The van der Waals surface area contributed by atoms with Crippen molar-refractivity contribution in [1.29, 1.82) is 0 Å². The van der Waals surface area contributed by atoms with E-state index in [0.717, 1.165) is 24.4 Å². The standard InChI is InChI=1S/C21H16F6N8O/c22-20(23,24)11-2-3-15(30-9-11)32-13-4-6-29-19-18(13)31-10-14(33-19)17-12(21(25,26)27)8-16(34-35-17)28-5-1-7-36/h2-4,6,8-10,36H,1,5,7H2,(H,28,34)(H,29,30,32,33). The van der Waals surface area contributed by atoms with Crippen molar-refractivity contribution in [1.82, 2.24) is 30.1 Å². The van der Waals surface area contributed by atoms with Gasteiger partial charge in [0.05, 0.1) is 23.0 Å². The first-order chi connectivity index (χ1) is 17.1. The van der Waals surface area contributed by atoms with Crippen molar-refractivity contribution in [3.05, 3.63) is 54.0 Å². The first-order valence-electron chi connectivity index (χ1n) is 10.3. The average Bonchev–Trinajstić information content (AvgIpc) is 2.83. The molecular weight excluding hydrogens is 494 g/mol. The largest absolute Gasteiger partial charge is 0.418 e. The van der Waals surface area contributed by atoms with Crippen molar-refractivity contribution < 1.29 is 31.4 Å². The lowest BCUT2D eigenvalue weighted by atomic mass is 10.1. The summed E-state index contributed by atoms with van der Waals surface area (Å²) in [6, 6.07) is 4.22. The third-order valence-electron chi connectivity index (χ3n) is 4.78. The number of aliphatic hydroxyl groups is 1. The Hall–Kier alpha value is -4.14. The van der Waals surface area contributed by atoms with Crippen LogP contribution in [0.3, 0.4) is 0 Å². The number of nitrogens with zero attached hydrogens (tertiary/aromatic N) is 6. The maximum atomic E-state index is 13.7. The Balaban J connectivity index is 1.66. The molecule has 0 bridgehead atoms. The van der Waals surface area contributed by atoms with Crippen LogP contribution in [0, 0.1) is 0 Å². The van der Waals surface area contributed by atoms with Gasteiger partial charge in [0.1, 0.15) is 28.5 Å². The van der Waals surface area contributed by atoms with Crippen LogP contribution in [0.15, 0.2) is 42.9 Å². The Kier molecular flexibility index (Phi) is 6.83. The lowest BCUT2D eigenvalue weighted by molar-refractivity contribution is -0.138. The molecule has 0 saturated carbocycles. The minimum Gasteiger partial charge on any atom is -0.396 e. The number of fused-ring (bicyclic) bond motifs is 1. The van der Waals surface area contributed by atoms with E-state index < -0.39 is 29.2 Å². The summed E-state index contributed by atoms with van der Waals surface area (Å²) in [5.41, 5.74) is -2.43. The fourth-order valence-electron chi connectivity index (χ4n) is 3.09. The number of hydrogen-bond acceptors (Lipinski definition) is 9.